The summed E-state index contributed by atoms with van der Waals surface area (Å²) in [5.41, 5.74) is 17.0. The van der Waals surface area contributed by atoms with Crippen LogP contribution in [0.25, 0.3) is 113 Å². The van der Waals surface area contributed by atoms with E-state index < -0.39 is 0 Å². The first kappa shape index (κ1) is 31.8. The molecule has 0 fully saturated rings. The van der Waals surface area contributed by atoms with Gasteiger partial charge in [-0.3, -0.25) is 0 Å². The van der Waals surface area contributed by atoms with Crippen LogP contribution in [0, 0.1) is 0 Å². The summed E-state index contributed by atoms with van der Waals surface area (Å²) in [6.07, 6.45) is 8.49. The number of phenolic OH excluding ortho intramolecular Hbond substituents is 1. The highest BCUT2D eigenvalue weighted by Gasteiger charge is 2.23. The Bertz CT molecular complexity index is 3230. The lowest BCUT2D eigenvalue weighted by molar-refractivity contribution is 0.476. The van der Waals surface area contributed by atoms with Crippen LogP contribution in [0.4, 0.5) is 0 Å². The smallest absolute Gasteiger partial charge is 0.116 e. The number of aromatic nitrogens is 5. The Morgan fingerprint density at radius 2 is 0.768 bits per heavy atom. The Kier molecular flexibility index (Phi) is 7.22. The standard InChI is InChI=1S/C50H33N5O/c56-34-21-22-36-35(29-34)47-48-45(32-17-9-3-10-18-32)41-27-25-39(52-41)43(30-13-5-1-6-14-30)37-23-24-38(51-37)44(31-15-7-2-8-16-31)40-26-28-42(53-40)46(33-19-11-4-12-20-33)49(55-48)50(47)54-36/h1-29,51,54-56H. The number of hydrogen-bond acceptors (Lipinski definition) is 3. The second kappa shape index (κ2) is 12.7. The molecule has 9 aromatic rings. The summed E-state index contributed by atoms with van der Waals surface area (Å²) in [6.45, 7) is 0. The molecule has 0 amide bonds. The molecular formula is C50H33N5O. The minimum atomic E-state index is 0.200. The number of fused-ring (bicyclic) bond motifs is 13. The van der Waals surface area contributed by atoms with Gasteiger partial charge in [-0.1, -0.05) is 121 Å². The number of H-pyrrole nitrogens is 3. The number of aromatic amines is 3. The van der Waals surface area contributed by atoms with Crippen molar-refractivity contribution in [3.8, 4) is 50.3 Å². The van der Waals surface area contributed by atoms with E-state index in [2.05, 4.69) is 148 Å². The van der Waals surface area contributed by atoms with Crippen LogP contribution in [0.2, 0.25) is 0 Å². The zero-order valence-electron chi connectivity index (χ0n) is 30.1. The van der Waals surface area contributed by atoms with Gasteiger partial charge in [0.2, 0.25) is 0 Å². The number of phenols is 1. The molecule has 6 heterocycles. The SMILES string of the molecule is Oc1ccc2[nH]c3c4[nH]c(c(-c5ccccc5)c5nc(c(-c6ccccc6)c6ccc([nH]6)c(-c6ccccc6)c6nc(c4-c4ccccc4)C=C6)C=C5)c3c2c1. The summed E-state index contributed by atoms with van der Waals surface area (Å²) in [5, 5.41) is 12.8. The predicted octanol–water partition coefficient (Wildman–Crippen LogP) is 12.7. The van der Waals surface area contributed by atoms with Crippen molar-refractivity contribution in [1.29, 1.82) is 0 Å². The van der Waals surface area contributed by atoms with Gasteiger partial charge < -0.3 is 20.1 Å². The Labute approximate surface area is 321 Å². The van der Waals surface area contributed by atoms with Gasteiger partial charge in [-0.15, -0.1) is 0 Å². The Morgan fingerprint density at radius 1 is 0.357 bits per heavy atom. The largest absolute Gasteiger partial charge is 0.508 e. The fourth-order valence-electron chi connectivity index (χ4n) is 8.36. The molecule has 6 heteroatoms. The van der Waals surface area contributed by atoms with Crippen molar-refractivity contribution in [2.45, 2.75) is 0 Å². The van der Waals surface area contributed by atoms with Gasteiger partial charge in [-0.05, 0) is 76.9 Å². The Morgan fingerprint density at radius 3 is 1.25 bits per heavy atom. The zero-order valence-corrected chi connectivity index (χ0v) is 30.1. The lowest BCUT2D eigenvalue weighted by Gasteiger charge is -2.07. The average Bonchev–Trinajstić information content (AvgIpc) is 4.10. The van der Waals surface area contributed by atoms with Crippen LogP contribution in [0.1, 0.15) is 22.8 Å². The number of nitrogens with zero attached hydrogens (tertiary/aromatic N) is 2. The van der Waals surface area contributed by atoms with Crippen molar-refractivity contribution in [3.05, 3.63) is 174 Å². The third-order valence-corrected chi connectivity index (χ3v) is 10.8. The maximum absolute atomic E-state index is 10.9. The van der Waals surface area contributed by atoms with Crippen LogP contribution in [-0.4, -0.2) is 30.0 Å². The molecule has 0 saturated heterocycles. The molecule has 5 aromatic carbocycles. The number of rotatable bonds is 4. The topological polar surface area (TPSA) is 93.4 Å². The van der Waals surface area contributed by atoms with Crippen molar-refractivity contribution < 1.29 is 5.11 Å². The summed E-state index contributed by atoms with van der Waals surface area (Å²) in [5.74, 6) is 0.200. The normalized spacial score (nSPS) is 12.2. The third kappa shape index (κ3) is 5.11. The molecule has 0 atom stereocenters. The number of hydrogen-bond donors (Lipinski definition) is 4. The van der Waals surface area contributed by atoms with E-state index in [-0.39, 0.29) is 5.75 Å². The molecule has 264 valence electrons. The Balaban J connectivity index is 1.42. The van der Waals surface area contributed by atoms with Crippen LogP contribution in [0.3, 0.4) is 0 Å². The molecule has 0 saturated carbocycles. The highest BCUT2D eigenvalue weighted by molar-refractivity contribution is 6.25. The van der Waals surface area contributed by atoms with Crippen LogP contribution < -0.4 is 0 Å². The molecule has 0 spiro atoms. The zero-order chi connectivity index (χ0) is 37.2. The summed E-state index contributed by atoms with van der Waals surface area (Å²) in [4.78, 5) is 22.5. The van der Waals surface area contributed by atoms with E-state index in [1.165, 1.54) is 0 Å². The number of benzene rings is 5. The van der Waals surface area contributed by atoms with Gasteiger partial charge in [0.15, 0.2) is 0 Å². The van der Waals surface area contributed by atoms with Gasteiger partial charge in [-0.2, -0.15) is 0 Å². The Hall–Kier alpha value is -7.70. The lowest BCUT2D eigenvalue weighted by atomic mass is 10.0. The summed E-state index contributed by atoms with van der Waals surface area (Å²) in [7, 11) is 0. The molecule has 6 nitrogen and oxygen atoms in total. The van der Waals surface area contributed by atoms with Gasteiger partial charge in [0.05, 0.1) is 39.3 Å². The molecular weight excluding hydrogens is 687 g/mol. The van der Waals surface area contributed by atoms with Gasteiger partial charge in [0.1, 0.15) is 5.75 Å². The van der Waals surface area contributed by atoms with Crippen molar-refractivity contribution in [1.82, 2.24) is 24.9 Å². The summed E-state index contributed by atoms with van der Waals surface area (Å²) >= 11 is 0. The first-order valence-electron chi connectivity index (χ1n) is 18.7. The highest BCUT2D eigenvalue weighted by atomic mass is 16.3. The van der Waals surface area contributed by atoms with E-state index in [4.69, 9.17) is 9.97 Å². The van der Waals surface area contributed by atoms with Crippen LogP contribution >= 0.6 is 0 Å². The van der Waals surface area contributed by atoms with Crippen molar-refractivity contribution in [2.24, 2.45) is 0 Å². The van der Waals surface area contributed by atoms with Gasteiger partial charge in [0, 0.05) is 49.6 Å². The number of nitrogens with one attached hydrogen (secondary N) is 3. The van der Waals surface area contributed by atoms with E-state index in [1.807, 2.05) is 36.4 Å². The fourth-order valence-corrected chi connectivity index (χ4v) is 8.36. The second-order valence-corrected chi connectivity index (χ2v) is 14.2. The van der Waals surface area contributed by atoms with Crippen molar-refractivity contribution in [2.75, 3.05) is 0 Å². The van der Waals surface area contributed by atoms with Gasteiger partial charge in [-0.25, -0.2) is 9.97 Å². The minimum absolute atomic E-state index is 0.200. The average molecular weight is 720 g/mol. The van der Waals surface area contributed by atoms with Gasteiger partial charge in [0.25, 0.3) is 0 Å². The molecule has 0 unspecified atom stereocenters. The van der Waals surface area contributed by atoms with E-state index in [0.29, 0.717) is 0 Å². The monoisotopic (exact) mass is 719 g/mol. The summed E-state index contributed by atoms with van der Waals surface area (Å²) in [6, 6.07) is 51.6. The van der Waals surface area contributed by atoms with E-state index in [1.54, 1.807) is 6.07 Å². The third-order valence-electron chi connectivity index (χ3n) is 10.8. The van der Waals surface area contributed by atoms with Crippen LogP contribution in [0.5, 0.6) is 5.75 Å². The molecule has 11 rings (SSSR count). The van der Waals surface area contributed by atoms with Gasteiger partial charge >= 0.3 is 0 Å². The maximum atomic E-state index is 10.9. The molecule has 0 aliphatic carbocycles. The quantitative estimate of drug-likeness (QED) is 0.146. The predicted molar refractivity (Wildman–Crippen MR) is 232 cm³/mol. The molecule has 4 N–H and O–H groups in total. The minimum Gasteiger partial charge on any atom is -0.508 e. The summed E-state index contributed by atoms with van der Waals surface area (Å²) < 4.78 is 0. The second-order valence-electron chi connectivity index (χ2n) is 14.2. The van der Waals surface area contributed by atoms with E-state index in [0.717, 1.165) is 111 Å². The fraction of sp³-hybridized carbons (Fsp3) is 0. The van der Waals surface area contributed by atoms with E-state index in [9.17, 15) is 5.11 Å². The lowest BCUT2D eigenvalue weighted by Crippen LogP contribution is -1.90. The molecule has 8 bridgehead atoms. The van der Waals surface area contributed by atoms with Crippen LogP contribution in [-0.2, 0) is 0 Å². The molecule has 2 aliphatic heterocycles. The molecule has 0 radical (unpaired) electrons. The first-order chi connectivity index (χ1) is 27.7. The molecule has 4 aromatic heterocycles. The first-order valence-corrected chi connectivity index (χ1v) is 18.7. The van der Waals surface area contributed by atoms with Crippen LogP contribution in [0.15, 0.2) is 152 Å². The number of aromatic hydroxyl groups is 1. The molecule has 56 heavy (non-hydrogen) atoms. The van der Waals surface area contributed by atoms with Crippen molar-refractivity contribution >= 4 is 68.2 Å². The maximum Gasteiger partial charge on any atom is 0.116 e. The highest BCUT2D eigenvalue weighted by Crippen LogP contribution is 2.44. The van der Waals surface area contributed by atoms with E-state index >= 15 is 0 Å². The van der Waals surface area contributed by atoms with Crippen molar-refractivity contribution in [3.63, 3.8) is 0 Å². The molecule has 2 aliphatic rings.